The molecule has 1 aliphatic heterocycles. The molecule has 4 saturated carbocycles. The Hall–Kier alpha value is 0.0169. The molecule has 0 aromatic carbocycles. The summed E-state index contributed by atoms with van der Waals surface area (Å²) in [5.41, 5.74) is -0.0116. The van der Waals surface area contributed by atoms with E-state index in [-0.39, 0.29) is 33.8 Å². The van der Waals surface area contributed by atoms with E-state index in [1.165, 1.54) is 0 Å². The zero-order valence-corrected chi connectivity index (χ0v) is 23.0. The average Bonchev–Trinajstić information content (AvgIpc) is 3.32. The summed E-state index contributed by atoms with van der Waals surface area (Å²) >= 11 is 0. The molecule has 4 aliphatic carbocycles. The van der Waals surface area contributed by atoms with Crippen LogP contribution in [0.3, 0.4) is 0 Å². The van der Waals surface area contributed by atoms with Crippen molar-refractivity contribution >= 4 is 8.32 Å². The third-order valence-corrected chi connectivity index (χ3v) is 16.3. The highest BCUT2D eigenvalue weighted by Crippen LogP contribution is 2.69. The summed E-state index contributed by atoms with van der Waals surface area (Å²) in [6, 6.07) is 0. The molecule has 6 heteroatoms. The van der Waals surface area contributed by atoms with Gasteiger partial charge in [-0.3, -0.25) is 0 Å². The Bertz CT molecular complexity index is 758. The van der Waals surface area contributed by atoms with Crippen molar-refractivity contribution in [3.8, 4) is 0 Å². The van der Waals surface area contributed by atoms with Crippen LogP contribution in [0.2, 0.25) is 18.1 Å². The van der Waals surface area contributed by atoms with Crippen LogP contribution in [0.4, 0.5) is 0 Å². The number of ether oxygens (including phenoxy) is 2. The highest BCUT2D eigenvalue weighted by Gasteiger charge is 2.70. The fourth-order valence-corrected chi connectivity index (χ4v) is 10.2. The number of hydrogen-bond acceptors (Lipinski definition) is 5. The molecule has 9 atom stereocenters. The fourth-order valence-electron chi connectivity index (χ4n) is 8.81. The molecule has 5 aliphatic rings. The van der Waals surface area contributed by atoms with Crippen molar-refractivity contribution in [2.45, 2.75) is 122 Å². The van der Waals surface area contributed by atoms with Gasteiger partial charge in [0.05, 0.1) is 25.4 Å². The molecular weight excluding hydrogens is 432 g/mol. The van der Waals surface area contributed by atoms with Crippen LogP contribution in [0.5, 0.6) is 0 Å². The molecule has 2 N–H and O–H groups in total. The van der Waals surface area contributed by atoms with Gasteiger partial charge in [-0.25, -0.2) is 0 Å². The summed E-state index contributed by atoms with van der Waals surface area (Å²) in [6.45, 7) is 17.6. The SMILES string of the molecule is CC(C)(C)[Si](C)(C)OC1CC[C@@]2(C)C(C1)C(O)C(O)C1C2CC[C@@]2(C)C1CCC21OCCO1. The zero-order chi connectivity index (χ0) is 24.0. The molecular formula is C27H48O5Si. The summed E-state index contributed by atoms with van der Waals surface area (Å²) in [5.74, 6) is 0.558. The van der Waals surface area contributed by atoms with Crippen LogP contribution >= 0.6 is 0 Å². The van der Waals surface area contributed by atoms with Crippen molar-refractivity contribution in [3.63, 3.8) is 0 Å². The number of fused-ring (bicyclic) bond motifs is 6. The first-order valence-electron chi connectivity index (χ1n) is 13.6. The molecule has 0 aromatic heterocycles. The van der Waals surface area contributed by atoms with E-state index >= 15 is 0 Å². The van der Waals surface area contributed by atoms with E-state index in [2.05, 4.69) is 47.7 Å². The normalized spacial score (nSPS) is 49.5. The summed E-state index contributed by atoms with van der Waals surface area (Å²) in [4.78, 5) is 0. The van der Waals surface area contributed by atoms with Crippen LogP contribution in [-0.2, 0) is 13.9 Å². The highest BCUT2D eigenvalue weighted by atomic mass is 28.4. The van der Waals surface area contributed by atoms with Crippen molar-refractivity contribution in [2.24, 2.45) is 34.5 Å². The summed E-state index contributed by atoms with van der Waals surface area (Å²) in [7, 11) is -1.86. The maximum absolute atomic E-state index is 11.6. The number of aliphatic hydroxyl groups excluding tert-OH is 2. The molecule has 5 fully saturated rings. The van der Waals surface area contributed by atoms with Crippen molar-refractivity contribution in [1.29, 1.82) is 0 Å². The Morgan fingerprint density at radius 1 is 0.848 bits per heavy atom. The minimum absolute atomic E-state index is 0.0606. The van der Waals surface area contributed by atoms with Gasteiger partial charge < -0.3 is 24.1 Å². The minimum Gasteiger partial charge on any atom is -0.414 e. The van der Waals surface area contributed by atoms with E-state index in [0.717, 1.165) is 44.9 Å². The van der Waals surface area contributed by atoms with Gasteiger partial charge in [-0.05, 0) is 85.7 Å². The zero-order valence-electron chi connectivity index (χ0n) is 22.0. The predicted octanol–water partition coefficient (Wildman–Crippen LogP) is 5.10. The Kier molecular flexibility index (Phi) is 5.81. The maximum atomic E-state index is 11.6. The molecule has 33 heavy (non-hydrogen) atoms. The molecule has 0 amide bonds. The standard InChI is InChI=1S/C27H48O5Si/c1-24(2,3)33(6,7)32-17-8-11-25(4)18-9-12-26(5)19(10-13-27(26)30-14-15-31-27)21(18)23(29)22(28)20(25)16-17/h17-23,28-29H,8-16H2,1-7H3/t17?,18?,19?,20?,21?,22?,23?,25-,26+/m1/s1. The smallest absolute Gasteiger partial charge is 0.192 e. The summed E-state index contributed by atoms with van der Waals surface area (Å²) in [5, 5.41) is 23.3. The van der Waals surface area contributed by atoms with Crippen LogP contribution in [-0.4, -0.2) is 55.8 Å². The van der Waals surface area contributed by atoms with Crippen molar-refractivity contribution < 1.29 is 24.1 Å². The molecule has 7 unspecified atom stereocenters. The minimum atomic E-state index is -1.86. The Morgan fingerprint density at radius 2 is 1.48 bits per heavy atom. The second kappa shape index (κ2) is 7.76. The predicted molar refractivity (Wildman–Crippen MR) is 131 cm³/mol. The molecule has 5 nitrogen and oxygen atoms in total. The first-order valence-corrected chi connectivity index (χ1v) is 16.5. The molecule has 1 saturated heterocycles. The van der Waals surface area contributed by atoms with Crippen LogP contribution in [0, 0.1) is 34.5 Å². The van der Waals surface area contributed by atoms with Gasteiger partial charge in [-0.15, -0.1) is 0 Å². The van der Waals surface area contributed by atoms with Gasteiger partial charge in [-0.2, -0.15) is 0 Å². The van der Waals surface area contributed by atoms with Crippen LogP contribution < -0.4 is 0 Å². The summed E-state index contributed by atoms with van der Waals surface area (Å²) < 4.78 is 19.3. The second-order valence-corrected chi connectivity index (χ2v) is 18.9. The molecule has 0 radical (unpaired) electrons. The van der Waals surface area contributed by atoms with Gasteiger partial charge >= 0.3 is 0 Å². The van der Waals surface area contributed by atoms with Gasteiger partial charge in [0.15, 0.2) is 14.1 Å². The number of aliphatic hydroxyl groups is 2. The molecule has 5 rings (SSSR count). The van der Waals surface area contributed by atoms with Crippen molar-refractivity contribution in [3.05, 3.63) is 0 Å². The Balaban J connectivity index is 1.39. The second-order valence-electron chi connectivity index (χ2n) is 14.1. The van der Waals surface area contributed by atoms with E-state index < -0.39 is 26.3 Å². The van der Waals surface area contributed by atoms with E-state index in [1.54, 1.807) is 0 Å². The van der Waals surface area contributed by atoms with Gasteiger partial charge in [0.2, 0.25) is 0 Å². The highest BCUT2D eigenvalue weighted by molar-refractivity contribution is 6.74. The van der Waals surface area contributed by atoms with E-state index in [9.17, 15) is 10.2 Å². The monoisotopic (exact) mass is 480 g/mol. The first kappa shape index (κ1) is 24.7. The molecule has 1 spiro atoms. The first-order chi connectivity index (χ1) is 15.3. The fraction of sp³-hybridized carbons (Fsp3) is 1.00. The van der Waals surface area contributed by atoms with Gasteiger partial charge in [0.1, 0.15) is 0 Å². The average molecular weight is 481 g/mol. The van der Waals surface area contributed by atoms with Crippen LogP contribution in [0.25, 0.3) is 0 Å². The topological polar surface area (TPSA) is 68.2 Å². The number of hydrogen-bond donors (Lipinski definition) is 2. The third kappa shape index (κ3) is 3.41. The van der Waals surface area contributed by atoms with Crippen molar-refractivity contribution in [2.75, 3.05) is 13.2 Å². The quantitative estimate of drug-likeness (QED) is 0.538. The largest absolute Gasteiger partial charge is 0.414 e. The van der Waals surface area contributed by atoms with Gasteiger partial charge in [0.25, 0.3) is 0 Å². The molecule has 0 aromatic rings. The van der Waals surface area contributed by atoms with Crippen molar-refractivity contribution in [1.82, 2.24) is 0 Å². The lowest BCUT2D eigenvalue weighted by molar-refractivity contribution is -0.269. The van der Waals surface area contributed by atoms with Crippen LogP contribution in [0.1, 0.15) is 79.6 Å². The lowest BCUT2D eigenvalue weighted by Crippen LogP contribution is -2.65. The van der Waals surface area contributed by atoms with E-state index in [0.29, 0.717) is 25.0 Å². The van der Waals surface area contributed by atoms with Gasteiger partial charge in [0, 0.05) is 17.9 Å². The van der Waals surface area contributed by atoms with E-state index in [4.69, 9.17) is 13.9 Å². The van der Waals surface area contributed by atoms with E-state index in [1.807, 2.05) is 0 Å². The molecule has 1 heterocycles. The lowest BCUT2D eigenvalue weighted by atomic mass is 9.43. The Labute approximate surface area is 202 Å². The van der Waals surface area contributed by atoms with Crippen LogP contribution in [0.15, 0.2) is 0 Å². The number of rotatable bonds is 2. The summed E-state index contributed by atoms with van der Waals surface area (Å²) in [6.07, 6.45) is 6.03. The molecule has 190 valence electrons. The lowest BCUT2D eigenvalue weighted by Gasteiger charge is -2.64. The third-order valence-electron chi connectivity index (χ3n) is 11.8. The van der Waals surface area contributed by atoms with Gasteiger partial charge in [-0.1, -0.05) is 34.6 Å². The Morgan fingerprint density at radius 3 is 2.12 bits per heavy atom. The molecule has 0 bridgehead atoms. The maximum Gasteiger partial charge on any atom is 0.192 e.